The molecule has 0 atom stereocenters. The van der Waals surface area contributed by atoms with Crippen LogP contribution in [-0.4, -0.2) is 37.8 Å². The minimum atomic E-state index is -0.459. The van der Waals surface area contributed by atoms with Crippen LogP contribution in [0.5, 0.6) is 0 Å². The quantitative estimate of drug-likeness (QED) is 0.526. The maximum Gasteiger partial charge on any atom is 0.276 e. The Morgan fingerprint density at radius 1 is 1.16 bits per heavy atom. The number of para-hydroxylation sites is 2. The smallest absolute Gasteiger partial charge is 0.276 e. The summed E-state index contributed by atoms with van der Waals surface area (Å²) in [7, 11) is 1.57. The molecule has 8 heteroatoms. The molecule has 3 rings (SSSR count). The molecule has 0 saturated carbocycles. The molecule has 0 radical (unpaired) electrons. The maximum absolute atomic E-state index is 12.5. The lowest BCUT2D eigenvalue weighted by Gasteiger charge is -2.15. The third kappa shape index (κ3) is 3.52. The lowest BCUT2D eigenvalue weighted by Crippen LogP contribution is -2.26. The molecular formula is C17H15N5O3. The van der Waals surface area contributed by atoms with Crippen molar-refractivity contribution in [3.05, 3.63) is 82.2 Å². The zero-order chi connectivity index (χ0) is 17.8. The monoisotopic (exact) mass is 337 g/mol. The summed E-state index contributed by atoms with van der Waals surface area (Å²) in [6.45, 7) is 0.105. The van der Waals surface area contributed by atoms with Gasteiger partial charge in [0, 0.05) is 18.7 Å². The van der Waals surface area contributed by atoms with Crippen molar-refractivity contribution in [3.63, 3.8) is 0 Å². The summed E-state index contributed by atoms with van der Waals surface area (Å²) in [5.41, 5.74) is 1.40. The molecule has 25 heavy (non-hydrogen) atoms. The van der Waals surface area contributed by atoms with E-state index < -0.39 is 4.92 Å². The first kappa shape index (κ1) is 16.3. The van der Waals surface area contributed by atoms with E-state index in [-0.39, 0.29) is 23.8 Å². The first-order chi connectivity index (χ1) is 12.1. The van der Waals surface area contributed by atoms with E-state index >= 15 is 0 Å². The highest BCUT2D eigenvalue weighted by Gasteiger charge is 2.20. The van der Waals surface area contributed by atoms with Gasteiger partial charge in [0.1, 0.15) is 0 Å². The molecule has 0 aliphatic heterocycles. The van der Waals surface area contributed by atoms with Crippen molar-refractivity contribution in [3.8, 4) is 5.69 Å². The Hall–Kier alpha value is -3.55. The number of nitrogens with zero attached hydrogens (tertiary/aromatic N) is 5. The minimum absolute atomic E-state index is 0.0184. The van der Waals surface area contributed by atoms with Crippen LogP contribution in [-0.2, 0) is 6.54 Å². The number of carbonyl (C=O) groups is 1. The SMILES string of the molecule is CN(Cc1ccccc1[N+](=O)[O-])C(=O)c1cn(-c2ccccc2)nn1. The summed E-state index contributed by atoms with van der Waals surface area (Å²) in [6, 6.07) is 15.6. The zero-order valence-electron chi connectivity index (χ0n) is 13.4. The number of nitro groups is 1. The Morgan fingerprint density at radius 2 is 1.84 bits per heavy atom. The molecule has 2 aromatic carbocycles. The Kier molecular flexibility index (Phi) is 4.51. The highest BCUT2D eigenvalue weighted by Crippen LogP contribution is 2.19. The average molecular weight is 337 g/mol. The molecule has 0 aliphatic rings. The van der Waals surface area contributed by atoms with Crippen molar-refractivity contribution in [1.82, 2.24) is 19.9 Å². The number of carbonyl (C=O) groups excluding carboxylic acids is 1. The molecule has 3 aromatic rings. The van der Waals surface area contributed by atoms with Gasteiger partial charge in [-0.2, -0.15) is 0 Å². The molecule has 0 unspecified atom stereocenters. The van der Waals surface area contributed by atoms with E-state index in [0.29, 0.717) is 5.56 Å². The predicted molar refractivity (Wildman–Crippen MR) is 90.3 cm³/mol. The van der Waals surface area contributed by atoms with Crippen LogP contribution in [0, 0.1) is 10.1 Å². The molecule has 126 valence electrons. The molecule has 1 aromatic heterocycles. The summed E-state index contributed by atoms with van der Waals surface area (Å²) in [4.78, 5) is 24.5. The number of nitro benzene ring substituents is 1. The lowest BCUT2D eigenvalue weighted by molar-refractivity contribution is -0.385. The van der Waals surface area contributed by atoms with Gasteiger partial charge in [-0.3, -0.25) is 14.9 Å². The standard InChI is InChI=1S/C17H15N5O3/c1-20(11-13-7-5-6-10-16(13)22(24)25)17(23)15-12-21(19-18-15)14-8-3-2-4-9-14/h2-10,12H,11H2,1H3. The van der Waals surface area contributed by atoms with Gasteiger partial charge in [0.25, 0.3) is 11.6 Å². The van der Waals surface area contributed by atoms with Gasteiger partial charge in [0.05, 0.1) is 23.4 Å². The van der Waals surface area contributed by atoms with Crippen LogP contribution in [0.1, 0.15) is 16.1 Å². The molecule has 1 amide bonds. The third-order valence-corrected chi connectivity index (χ3v) is 3.68. The van der Waals surface area contributed by atoms with Gasteiger partial charge < -0.3 is 4.90 Å². The Bertz CT molecular complexity index is 907. The van der Waals surface area contributed by atoms with E-state index in [4.69, 9.17) is 0 Å². The molecule has 0 bridgehead atoms. The molecule has 0 fully saturated rings. The average Bonchev–Trinajstić information content (AvgIpc) is 3.12. The van der Waals surface area contributed by atoms with Crippen molar-refractivity contribution in [1.29, 1.82) is 0 Å². The van der Waals surface area contributed by atoms with Crippen LogP contribution in [0.2, 0.25) is 0 Å². The number of aromatic nitrogens is 3. The molecular weight excluding hydrogens is 322 g/mol. The van der Waals surface area contributed by atoms with Crippen LogP contribution in [0.4, 0.5) is 5.69 Å². The van der Waals surface area contributed by atoms with Crippen molar-refractivity contribution in [2.45, 2.75) is 6.54 Å². The van der Waals surface area contributed by atoms with E-state index in [1.54, 1.807) is 25.2 Å². The largest absolute Gasteiger partial charge is 0.336 e. The molecule has 0 N–H and O–H groups in total. The van der Waals surface area contributed by atoms with Crippen LogP contribution >= 0.6 is 0 Å². The van der Waals surface area contributed by atoms with Gasteiger partial charge >= 0.3 is 0 Å². The Morgan fingerprint density at radius 3 is 2.56 bits per heavy atom. The molecule has 0 spiro atoms. The van der Waals surface area contributed by atoms with Crippen molar-refractivity contribution in [2.24, 2.45) is 0 Å². The van der Waals surface area contributed by atoms with Gasteiger partial charge in [-0.25, -0.2) is 4.68 Å². The first-order valence-corrected chi connectivity index (χ1v) is 7.52. The highest BCUT2D eigenvalue weighted by molar-refractivity contribution is 5.91. The summed E-state index contributed by atoms with van der Waals surface area (Å²) < 4.78 is 1.51. The van der Waals surface area contributed by atoms with E-state index in [0.717, 1.165) is 5.69 Å². The number of rotatable bonds is 5. The number of amides is 1. The second-order valence-corrected chi connectivity index (χ2v) is 5.43. The Labute approximate surface area is 143 Å². The summed E-state index contributed by atoms with van der Waals surface area (Å²) in [6.07, 6.45) is 1.54. The lowest BCUT2D eigenvalue weighted by atomic mass is 10.1. The van der Waals surface area contributed by atoms with E-state index in [2.05, 4.69) is 10.3 Å². The number of benzene rings is 2. The van der Waals surface area contributed by atoms with Gasteiger partial charge in [-0.15, -0.1) is 5.10 Å². The van der Waals surface area contributed by atoms with Crippen molar-refractivity contribution >= 4 is 11.6 Å². The number of hydrogen-bond acceptors (Lipinski definition) is 5. The molecule has 8 nitrogen and oxygen atoms in total. The van der Waals surface area contributed by atoms with Gasteiger partial charge in [0.2, 0.25) is 0 Å². The van der Waals surface area contributed by atoms with E-state index in [1.807, 2.05) is 30.3 Å². The van der Waals surface area contributed by atoms with Crippen LogP contribution in [0.3, 0.4) is 0 Å². The maximum atomic E-state index is 12.5. The second-order valence-electron chi connectivity index (χ2n) is 5.43. The van der Waals surface area contributed by atoms with Gasteiger partial charge in [-0.1, -0.05) is 41.6 Å². The summed E-state index contributed by atoms with van der Waals surface area (Å²) >= 11 is 0. The normalized spacial score (nSPS) is 10.4. The summed E-state index contributed by atoms with van der Waals surface area (Å²) in [5, 5.41) is 18.9. The van der Waals surface area contributed by atoms with E-state index in [9.17, 15) is 14.9 Å². The molecule has 1 heterocycles. The van der Waals surface area contributed by atoms with E-state index in [1.165, 1.54) is 21.8 Å². The first-order valence-electron chi connectivity index (χ1n) is 7.52. The topological polar surface area (TPSA) is 94.2 Å². The van der Waals surface area contributed by atoms with Crippen LogP contribution in [0.25, 0.3) is 5.69 Å². The fourth-order valence-electron chi connectivity index (χ4n) is 2.41. The molecule has 0 saturated heterocycles. The second kappa shape index (κ2) is 6.91. The fraction of sp³-hybridized carbons (Fsp3) is 0.118. The van der Waals surface area contributed by atoms with Gasteiger partial charge in [-0.05, 0) is 12.1 Å². The molecule has 0 aliphatic carbocycles. The van der Waals surface area contributed by atoms with Crippen LogP contribution in [0.15, 0.2) is 60.8 Å². The van der Waals surface area contributed by atoms with Gasteiger partial charge in [0.15, 0.2) is 5.69 Å². The number of hydrogen-bond donors (Lipinski definition) is 0. The Balaban J connectivity index is 1.78. The van der Waals surface area contributed by atoms with Crippen molar-refractivity contribution < 1.29 is 9.72 Å². The predicted octanol–water partition coefficient (Wildman–Crippen LogP) is 2.45. The highest BCUT2D eigenvalue weighted by atomic mass is 16.6. The third-order valence-electron chi connectivity index (χ3n) is 3.68. The van der Waals surface area contributed by atoms with Crippen molar-refractivity contribution in [2.75, 3.05) is 7.05 Å². The summed E-state index contributed by atoms with van der Waals surface area (Å²) in [5.74, 6) is -0.361. The fourth-order valence-corrected chi connectivity index (χ4v) is 2.41. The zero-order valence-corrected chi connectivity index (χ0v) is 13.4. The van der Waals surface area contributed by atoms with Crippen LogP contribution < -0.4 is 0 Å². The minimum Gasteiger partial charge on any atom is -0.336 e.